The number of halogens is 6. The summed E-state index contributed by atoms with van der Waals surface area (Å²) >= 11 is 6.72. The molecule has 0 saturated carbocycles. The van der Waals surface area contributed by atoms with Crippen LogP contribution in [-0.2, 0) is 12.6 Å². The average Bonchev–Trinajstić information content (AvgIpc) is 2.70. The molecule has 3 rings (SSSR count). The van der Waals surface area contributed by atoms with Gasteiger partial charge in [-0.25, -0.2) is 8.78 Å². The molecule has 0 aromatic heterocycles. The summed E-state index contributed by atoms with van der Waals surface area (Å²) in [5.41, 5.74) is 2.36. The number of benzene rings is 2. The third kappa shape index (κ3) is 5.89. The van der Waals surface area contributed by atoms with Gasteiger partial charge in [0.25, 0.3) is 0 Å². The van der Waals surface area contributed by atoms with Crippen LogP contribution in [0, 0.1) is 11.6 Å². The third-order valence-corrected chi connectivity index (χ3v) is 5.24. The molecule has 2 N–H and O–H groups in total. The van der Waals surface area contributed by atoms with E-state index in [2.05, 4.69) is 21.8 Å². The molecule has 0 spiro atoms. The zero-order valence-electron chi connectivity index (χ0n) is 15.7. The molecule has 0 unspecified atom stereocenters. The molecule has 0 atom stereocenters. The minimum Gasteiger partial charge on any atom is -0.323 e. The monoisotopic (exact) mass is 471 g/mol. The number of nitrogens with one attached hydrogen (secondary N) is 2. The fourth-order valence-corrected chi connectivity index (χ4v) is 3.55. The standard InChI is InChI=1S/C21H15ClF5N3S/c1-12-7-15(22)11-29-28-10-13(12)8-17-18(23)5-6-19(20(17)24)30-31-16-4-2-3-14(9-16)21(25,26)27/h2-7,9-11,28,30H,1,8H2/b13-10-,15-7+,29-11-. The van der Waals surface area contributed by atoms with E-state index in [1.54, 1.807) is 0 Å². The van der Waals surface area contributed by atoms with Crippen molar-refractivity contribution in [1.82, 2.24) is 5.43 Å². The second-order valence-corrected chi connectivity index (χ2v) is 7.72. The van der Waals surface area contributed by atoms with Crippen molar-refractivity contribution in [2.24, 2.45) is 5.10 Å². The van der Waals surface area contributed by atoms with E-state index in [4.69, 9.17) is 11.6 Å². The summed E-state index contributed by atoms with van der Waals surface area (Å²) in [5.74, 6) is -1.64. The van der Waals surface area contributed by atoms with Crippen LogP contribution in [-0.4, -0.2) is 6.21 Å². The SMILES string of the molecule is C=C1/C=C(Cl)\C=N/N/C=C\1Cc1c(F)ccc(NSc2cccc(C(F)(F)F)c2)c1F. The van der Waals surface area contributed by atoms with Crippen LogP contribution >= 0.6 is 23.5 Å². The number of alkyl halides is 3. The van der Waals surface area contributed by atoms with Crippen molar-refractivity contribution in [2.45, 2.75) is 17.5 Å². The molecule has 0 aliphatic carbocycles. The van der Waals surface area contributed by atoms with Gasteiger partial charge in [0.1, 0.15) is 5.82 Å². The van der Waals surface area contributed by atoms with Gasteiger partial charge in [0, 0.05) is 23.1 Å². The lowest BCUT2D eigenvalue weighted by Gasteiger charge is -2.14. The van der Waals surface area contributed by atoms with E-state index in [-0.39, 0.29) is 27.6 Å². The highest BCUT2D eigenvalue weighted by Gasteiger charge is 2.30. The summed E-state index contributed by atoms with van der Waals surface area (Å²) in [7, 11) is 0. The Kier molecular flexibility index (Phi) is 7.07. The van der Waals surface area contributed by atoms with Crippen molar-refractivity contribution < 1.29 is 22.0 Å². The van der Waals surface area contributed by atoms with E-state index in [9.17, 15) is 17.6 Å². The summed E-state index contributed by atoms with van der Waals surface area (Å²) in [6.45, 7) is 3.84. The molecule has 10 heteroatoms. The van der Waals surface area contributed by atoms with Crippen LogP contribution in [0.4, 0.5) is 27.6 Å². The van der Waals surface area contributed by atoms with E-state index < -0.39 is 23.4 Å². The number of anilines is 1. The lowest BCUT2D eigenvalue weighted by Crippen LogP contribution is -2.07. The van der Waals surface area contributed by atoms with E-state index in [0.29, 0.717) is 11.1 Å². The van der Waals surface area contributed by atoms with Gasteiger partial charge in [0.2, 0.25) is 0 Å². The van der Waals surface area contributed by atoms with Crippen LogP contribution in [0.25, 0.3) is 0 Å². The minimum absolute atomic E-state index is 0.0737. The molecule has 0 amide bonds. The molecule has 0 saturated heterocycles. The fourth-order valence-electron chi connectivity index (χ4n) is 2.65. The molecule has 1 heterocycles. The quantitative estimate of drug-likeness (QED) is 0.372. The molecule has 1 aliphatic rings. The maximum absolute atomic E-state index is 15.0. The third-order valence-electron chi connectivity index (χ3n) is 4.22. The van der Waals surface area contributed by atoms with Crippen LogP contribution in [0.15, 0.2) is 81.4 Å². The second-order valence-electron chi connectivity index (χ2n) is 6.41. The summed E-state index contributed by atoms with van der Waals surface area (Å²) in [4.78, 5) is 0.220. The normalized spacial score (nSPS) is 18.7. The van der Waals surface area contributed by atoms with Crippen molar-refractivity contribution in [1.29, 1.82) is 0 Å². The summed E-state index contributed by atoms with van der Waals surface area (Å²) in [6.07, 6.45) is -0.317. The number of nitrogens with zero attached hydrogens (tertiary/aromatic N) is 1. The van der Waals surface area contributed by atoms with Gasteiger partial charge in [-0.1, -0.05) is 24.2 Å². The average molecular weight is 472 g/mol. The molecule has 162 valence electrons. The first-order valence-electron chi connectivity index (χ1n) is 8.76. The summed E-state index contributed by atoms with van der Waals surface area (Å²) in [5, 5.41) is 4.10. The van der Waals surface area contributed by atoms with Crippen molar-refractivity contribution in [3.8, 4) is 0 Å². The molecule has 2 aromatic carbocycles. The van der Waals surface area contributed by atoms with Gasteiger partial charge in [-0.15, -0.1) is 0 Å². The van der Waals surface area contributed by atoms with Crippen molar-refractivity contribution in [2.75, 3.05) is 4.72 Å². The van der Waals surface area contributed by atoms with Crippen LogP contribution in [0.3, 0.4) is 0 Å². The molecular formula is C21H15ClF5N3S. The molecule has 0 radical (unpaired) electrons. The van der Waals surface area contributed by atoms with E-state index in [1.165, 1.54) is 36.7 Å². The predicted octanol–water partition coefficient (Wildman–Crippen LogP) is 6.80. The highest BCUT2D eigenvalue weighted by atomic mass is 35.5. The number of hydrazone groups is 1. The van der Waals surface area contributed by atoms with Gasteiger partial charge in [-0.05, 0) is 59.5 Å². The molecule has 0 fully saturated rings. The minimum atomic E-state index is -4.49. The van der Waals surface area contributed by atoms with Crippen molar-refractivity contribution in [3.05, 3.63) is 94.2 Å². The summed E-state index contributed by atoms with van der Waals surface area (Å²) in [6, 6.07) is 6.82. The zero-order valence-corrected chi connectivity index (χ0v) is 17.3. The van der Waals surface area contributed by atoms with Gasteiger partial charge in [-0.3, -0.25) is 5.43 Å². The van der Waals surface area contributed by atoms with E-state index in [0.717, 1.165) is 30.1 Å². The molecule has 31 heavy (non-hydrogen) atoms. The Morgan fingerprint density at radius 3 is 2.68 bits per heavy atom. The Bertz CT molecular complexity index is 1090. The van der Waals surface area contributed by atoms with Crippen LogP contribution in [0.5, 0.6) is 0 Å². The molecule has 0 bridgehead atoms. The van der Waals surface area contributed by atoms with Gasteiger partial charge in [0.05, 0.1) is 22.5 Å². The first-order chi connectivity index (χ1) is 14.6. The predicted molar refractivity (Wildman–Crippen MR) is 114 cm³/mol. The van der Waals surface area contributed by atoms with Gasteiger partial charge in [0.15, 0.2) is 5.82 Å². The van der Waals surface area contributed by atoms with Crippen molar-refractivity contribution >= 4 is 35.5 Å². The highest BCUT2D eigenvalue weighted by molar-refractivity contribution is 8.00. The van der Waals surface area contributed by atoms with Gasteiger partial charge >= 0.3 is 6.18 Å². The Labute approximate surface area is 184 Å². The lowest BCUT2D eigenvalue weighted by molar-refractivity contribution is -0.137. The number of hydrogen-bond donors (Lipinski definition) is 2. The van der Waals surface area contributed by atoms with Crippen LogP contribution < -0.4 is 10.1 Å². The Morgan fingerprint density at radius 1 is 1.16 bits per heavy atom. The Hall–Kier alpha value is -2.78. The first kappa shape index (κ1) is 22.9. The van der Waals surface area contributed by atoms with Crippen molar-refractivity contribution in [3.63, 3.8) is 0 Å². The molecular weight excluding hydrogens is 457 g/mol. The van der Waals surface area contributed by atoms with E-state index in [1.807, 2.05) is 0 Å². The van der Waals surface area contributed by atoms with Crippen LogP contribution in [0.2, 0.25) is 0 Å². The number of rotatable bonds is 5. The number of hydrogen-bond acceptors (Lipinski definition) is 4. The smallest absolute Gasteiger partial charge is 0.323 e. The Morgan fingerprint density at radius 2 is 1.94 bits per heavy atom. The largest absolute Gasteiger partial charge is 0.416 e. The number of allylic oxidation sites excluding steroid dienone is 4. The maximum atomic E-state index is 15.0. The topological polar surface area (TPSA) is 36.4 Å². The lowest BCUT2D eigenvalue weighted by atomic mass is 9.98. The molecule has 2 aromatic rings. The Balaban J connectivity index is 1.81. The maximum Gasteiger partial charge on any atom is 0.416 e. The second kappa shape index (κ2) is 9.57. The summed E-state index contributed by atoms with van der Waals surface area (Å²) < 4.78 is 70.6. The highest BCUT2D eigenvalue weighted by Crippen LogP contribution is 2.33. The van der Waals surface area contributed by atoms with E-state index >= 15 is 4.39 Å². The fraction of sp³-hybridized carbons (Fsp3) is 0.0952. The molecule has 1 aliphatic heterocycles. The first-order valence-corrected chi connectivity index (χ1v) is 9.95. The zero-order chi connectivity index (χ0) is 22.6. The molecule has 3 nitrogen and oxygen atoms in total. The van der Waals surface area contributed by atoms with Crippen LogP contribution in [0.1, 0.15) is 11.1 Å². The van der Waals surface area contributed by atoms with Gasteiger partial charge < -0.3 is 4.72 Å². The van der Waals surface area contributed by atoms with Gasteiger partial charge in [-0.2, -0.15) is 18.3 Å².